The Kier molecular flexibility index (Phi) is 7.94. The molecule has 0 aliphatic carbocycles. The van der Waals surface area contributed by atoms with Gasteiger partial charge < -0.3 is 15.4 Å². The largest absolute Gasteiger partial charge is 0.462 e. The van der Waals surface area contributed by atoms with E-state index in [-0.39, 0.29) is 36.4 Å². The van der Waals surface area contributed by atoms with Gasteiger partial charge in [-0.1, -0.05) is 30.2 Å². The molecule has 0 amide bonds. The van der Waals surface area contributed by atoms with Gasteiger partial charge in [-0.05, 0) is 52.0 Å². The Labute approximate surface area is 237 Å². The maximum Gasteiger partial charge on any atom is 0.333 e. The smallest absolute Gasteiger partial charge is 0.333 e. The molecule has 3 aromatic heterocycles. The van der Waals surface area contributed by atoms with Gasteiger partial charge in [0.15, 0.2) is 11.2 Å². The number of nitrogens with two attached hydrogens (primary N) is 1. The zero-order valence-corrected chi connectivity index (χ0v) is 23.9. The average Bonchev–Trinajstić information content (AvgIpc) is 3.31. The second kappa shape index (κ2) is 11.6. The third-order valence-electron chi connectivity index (χ3n) is 7.16. The van der Waals surface area contributed by atoms with E-state index in [1.54, 1.807) is 25.3 Å². The summed E-state index contributed by atoms with van der Waals surface area (Å²) in [5, 5.41) is 1.79. The summed E-state index contributed by atoms with van der Waals surface area (Å²) in [6.45, 7) is 8.03. The van der Waals surface area contributed by atoms with Crippen LogP contribution in [-0.2, 0) is 29.2 Å². The molecule has 0 radical (unpaired) electrons. The molecule has 1 unspecified atom stereocenters. The molecule has 0 saturated carbocycles. The van der Waals surface area contributed by atoms with Crippen molar-refractivity contribution in [2.45, 2.75) is 72.3 Å². The van der Waals surface area contributed by atoms with Crippen LogP contribution in [0, 0.1) is 18.8 Å². The summed E-state index contributed by atoms with van der Waals surface area (Å²) in [7, 11) is 0. The number of rotatable bonds is 7. The Bertz CT molecular complexity index is 1810. The van der Waals surface area contributed by atoms with Crippen molar-refractivity contribution in [2.24, 2.45) is 5.73 Å². The summed E-state index contributed by atoms with van der Waals surface area (Å²) in [5.41, 5.74) is 6.74. The first-order chi connectivity index (χ1) is 19.7. The van der Waals surface area contributed by atoms with Crippen LogP contribution in [0.2, 0.25) is 0 Å². The molecule has 1 aliphatic heterocycles. The number of pyridine rings is 1. The quantitative estimate of drug-likeness (QED) is 0.270. The molecule has 1 aliphatic rings. The van der Waals surface area contributed by atoms with Crippen molar-refractivity contribution in [3.05, 3.63) is 62.6 Å². The van der Waals surface area contributed by atoms with Crippen LogP contribution >= 0.6 is 0 Å². The van der Waals surface area contributed by atoms with Crippen molar-refractivity contribution in [3.8, 4) is 11.8 Å². The van der Waals surface area contributed by atoms with Gasteiger partial charge in [-0.3, -0.25) is 28.3 Å². The number of hydrogen-bond donors (Lipinski definition) is 1. The van der Waals surface area contributed by atoms with E-state index in [0.29, 0.717) is 24.7 Å². The van der Waals surface area contributed by atoms with Crippen molar-refractivity contribution in [2.75, 3.05) is 18.0 Å². The first-order valence-corrected chi connectivity index (χ1v) is 13.9. The number of ether oxygens (including phenoxy) is 1. The van der Waals surface area contributed by atoms with Gasteiger partial charge in [0.1, 0.15) is 6.54 Å². The molecule has 0 spiro atoms. The van der Waals surface area contributed by atoms with E-state index < -0.39 is 23.8 Å². The highest BCUT2D eigenvalue weighted by Crippen LogP contribution is 2.24. The topological polar surface area (TPSA) is 130 Å². The average molecular weight is 558 g/mol. The maximum atomic E-state index is 14.2. The van der Waals surface area contributed by atoms with Gasteiger partial charge in [0.05, 0.1) is 24.9 Å². The van der Waals surface area contributed by atoms with Gasteiger partial charge in [-0.2, -0.15) is 4.98 Å². The number of carbonyl (C=O) groups excluding carboxylic acids is 1. The molecule has 2 N–H and O–H groups in total. The minimum atomic E-state index is -0.663. The van der Waals surface area contributed by atoms with E-state index in [2.05, 4.69) is 16.8 Å². The molecule has 4 aromatic rings. The first-order valence-electron chi connectivity index (χ1n) is 13.9. The van der Waals surface area contributed by atoms with Crippen molar-refractivity contribution in [1.82, 2.24) is 23.7 Å². The summed E-state index contributed by atoms with van der Waals surface area (Å²) in [6.07, 6.45) is 1.39. The monoisotopic (exact) mass is 557 g/mol. The SMILES string of the molecule is CC#CCn1c(N2CCCC(N)C2)nc2c1c(=O)n(Cc1nc(C)cc3ccccc13)c(=O)n2CC(=O)OC(C)C. The number of piperidine rings is 1. The fourth-order valence-electron chi connectivity index (χ4n) is 5.42. The van der Waals surface area contributed by atoms with Crippen LogP contribution in [0.4, 0.5) is 5.95 Å². The molecule has 11 nitrogen and oxygen atoms in total. The fourth-order valence-corrected chi connectivity index (χ4v) is 5.42. The number of anilines is 1. The summed E-state index contributed by atoms with van der Waals surface area (Å²) in [4.78, 5) is 52.5. The lowest BCUT2D eigenvalue weighted by atomic mass is 10.1. The number of imidazole rings is 1. The van der Waals surface area contributed by atoms with Gasteiger partial charge in [-0.25, -0.2) is 4.79 Å². The third-order valence-corrected chi connectivity index (χ3v) is 7.16. The van der Waals surface area contributed by atoms with Crippen LogP contribution in [-0.4, -0.2) is 54.9 Å². The van der Waals surface area contributed by atoms with Crippen molar-refractivity contribution >= 4 is 33.9 Å². The highest BCUT2D eigenvalue weighted by Gasteiger charge is 2.28. The zero-order valence-electron chi connectivity index (χ0n) is 23.9. The number of aromatic nitrogens is 5. The number of benzene rings is 1. The van der Waals surface area contributed by atoms with Crippen LogP contribution in [0.5, 0.6) is 0 Å². The van der Waals surface area contributed by atoms with Crippen LogP contribution < -0.4 is 21.9 Å². The Balaban J connectivity index is 1.77. The standard InChI is InChI=1S/C30H35N7O4/c1-5-6-14-35-26-27(33-29(35)34-13-9-11-22(31)16-34)36(18-25(38)41-19(2)3)30(40)37(28(26)39)17-24-23-12-8-7-10-21(23)15-20(4)32-24/h7-8,10,12,15,19,22H,9,11,13-14,16-18,31H2,1-4H3. The molecule has 214 valence electrons. The lowest BCUT2D eigenvalue weighted by Gasteiger charge is -2.31. The third kappa shape index (κ3) is 5.60. The Hall–Kier alpha value is -4.43. The van der Waals surface area contributed by atoms with Crippen molar-refractivity contribution in [1.29, 1.82) is 0 Å². The van der Waals surface area contributed by atoms with E-state index in [0.717, 1.165) is 33.9 Å². The van der Waals surface area contributed by atoms with Gasteiger partial charge in [0.25, 0.3) is 5.56 Å². The summed E-state index contributed by atoms with van der Waals surface area (Å²) >= 11 is 0. The minimum Gasteiger partial charge on any atom is -0.462 e. The Morgan fingerprint density at radius 1 is 1.17 bits per heavy atom. The van der Waals surface area contributed by atoms with Gasteiger partial charge in [0, 0.05) is 30.2 Å². The minimum absolute atomic E-state index is 0.0465. The number of fused-ring (bicyclic) bond motifs is 2. The first kappa shape index (κ1) is 28.1. The molecule has 4 heterocycles. The normalized spacial score (nSPS) is 15.4. The Morgan fingerprint density at radius 3 is 2.68 bits per heavy atom. The highest BCUT2D eigenvalue weighted by atomic mass is 16.5. The number of nitrogens with zero attached hydrogens (tertiary/aromatic N) is 6. The maximum absolute atomic E-state index is 14.2. The Morgan fingerprint density at radius 2 is 1.95 bits per heavy atom. The fraction of sp³-hybridized carbons (Fsp3) is 0.433. The summed E-state index contributed by atoms with van der Waals surface area (Å²) in [6, 6.07) is 9.61. The molecular formula is C30H35N7O4. The lowest BCUT2D eigenvalue weighted by molar-refractivity contribution is -0.148. The number of hydrogen-bond acceptors (Lipinski definition) is 8. The lowest BCUT2D eigenvalue weighted by Crippen LogP contribution is -2.44. The van der Waals surface area contributed by atoms with E-state index in [1.807, 2.05) is 42.2 Å². The molecule has 0 bridgehead atoms. The second-order valence-electron chi connectivity index (χ2n) is 10.7. The predicted molar refractivity (Wildman–Crippen MR) is 158 cm³/mol. The molecule has 1 atom stereocenters. The van der Waals surface area contributed by atoms with E-state index in [9.17, 15) is 14.4 Å². The molecule has 11 heteroatoms. The zero-order chi connectivity index (χ0) is 29.3. The van der Waals surface area contributed by atoms with Gasteiger partial charge in [-0.15, -0.1) is 5.92 Å². The van der Waals surface area contributed by atoms with Crippen LogP contribution in [0.3, 0.4) is 0 Å². The van der Waals surface area contributed by atoms with Crippen LogP contribution in [0.1, 0.15) is 45.0 Å². The summed E-state index contributed by atoms with van der Waals surface area (Å²) < 4.78 is 9.45. The molecule has 5 rings (SSSR count). The molecular weight excluding hydrogens is 522 g/mol. The van der Waals surface area contributed by atoms with Crippen LogP contribution in [0.15, 0.2) is 39.9 Å². The number of esters is 1. The highest BCUT2D eigenvalue weighted by molar-refractivity contribution is 5.85. The van der Waals surface area contributed by atoms with E-state index in [4.69, 9.17) is 15.5 Å². The molecule has 1 saturated heterocycles. The molecule has 41 heavy (non-hydrogen) atoms. The van der Waals surface area contributed by atoms with Crippen molar-refractivity contribution < 1.29 is 9.53 Å². The van der Waals surface area contributed by atoms with Crippen molar-refractivity contribution in [3.63, 3.8) is 0 Å². The molecule has 1 aromatic carbocycles. The van der Waals surface area contributed by atoms with Crippen LogP contribution in [0.25, 0.3) is 21.9 Å². The number of carbonyl (C=O) groups is 1. The van der Waals surface area contributed by atoms with E-state index >= 15 is 0 Å². The second-order valence-corrected chi connectivity index (χ2v) is 10.7. The predicted octanol–water partition coefficient (Wildman–Crippen LogP) is 2.17. The number of aryl methyl sites for hydroxylation is 1. The summed E-state index contributed by atoms with van der Waals surface area (Å²) in [5.74, 6) is 5.82. The van der Waals surface area contributed by atoms with Gasteiger partial charge in [0.2, 0.25) is 5.95 Å². The van der Waals surface area contributed by atoms with E-state index in [1.165, 1.54) is 4.57 Å². The molecule has 1 fully saturated rings. The van der Waals surface area contributed by atoms with Gasteiger partial charge >= 0.3 is 11.7 Å².